The van der Waals surface area contributed by atoms with Crippen LogP contribution < -0.4 is 5.32 Å². The zero-order chi connectivity index (χ0) is 18.7. The first-order chi connectivity index (χ1) is 12.0. The molecule has 0 aromatic carbocycles. The van der Waals surface area contributed by atoms with Gasteiger partial charge in [0.1, 0.15) is 11.3 Å². The monoisotopic (exact) mass is 355 g/mol. The third-order valence-electron chi connectivity index (χ3n) is 3.87. The van der Waals surface area contributed by atoms with Crippen molar-refractivity contribution in [3.8, 4) is 0 Å². The molecule has 0 spiro atoms. The molecule has 25 heavy (non-hydrogen) atoms. The maximum atomic E-state index is 11.7. The van der Waals surface area contributed by atoms with E-state index in [4.69, 9.17) is 29.0 Å². The predicted molar refractivity (Wildman–Crippen MR) is 88.2 cm³/mol. The molecule has 8 nitrogen and oxygen atoms in total. The van der Waals surface area contributed by atoms with E-state index in [1.807, 2.05) is 0 Å². The number of carboxylic acids is 2. The fourth-order valence-corrected chi connectivity index (χ4v) is 2.65. The Hall–Kier alpha value is -2.35. The summed E-state index contributed by atoms with van der Waals surface area (Å²) >= 11 is 0. The third-order valence-corrected chi connectivity index (χ3v) is 3.87. The van der Waals surface area contributed by atoms with Crippen LogP contribution in [-0.4, -0.2) is 41.3 Å². The van der Waals surface area contributed by atoms with E-state index in [2.05, 4.69) is 5.32 Å². The number of furan rings is 1. The summed E-state index contributed by atoms with van der Waals surface area (Å²) in [4.78, 5) is 29.9. The van der Waals surface area contributed by atoms with Gasteiger partial charge in [-0.25, -0.2) is 14.4 Å². The summed E-state index contributed by atoms with van der Waals surface area (Å²) < 4.78 is 10.4. The highest BCUT2D eigenvalue weighted by molar-refractivity contribution is 6.27. The molecule has 0 bridgehead atoms. The second-order valence-corrected chi connectivity index (χ2v) is 5.72. The molecule has 0 unspecified atom stereocenters. The van der Waals surface area contributed by atoms with Crippen LogP contribution in [0.1, 0.15) is 55.1 Å². The van der Waals surface area contributed by atoms with Crippen LogP contribution in [0.15, 0.2) is 16.7 Å². The molecule has 1 aliphatic rings. The summed E-state index contributed by atoms with van der Waals surface area (Å²) in [6.07, 6.45) is 8.25. The number of ether oxygens (including phenoxy) is 1. The maximum Gasteiger partial charge on any atom is 0.414 e. The second-order valence-electron chi connectivity index (χ2n) is 5.72. The lowest BCUT2D eigenvalue weighted by atomic mass is 9.89. The minimum absolute atomic E-state index is 0.300. The van der Waals surface area contributed by atoms with Crippen molar-refractivity contribution in [1.29, 1.82) is 0 Å². The van der Waals surface area contributed by atoms with E-state index in [1.54, 1.807) is 19.3 Å². The van der Waals surface area contributed by atoms with Gasteiger partial charge in [-0.2, -0.15) is 0 Å². The van der Waals surface area contributed by atoms with Crippen LogP contribution in [0.4, 0.5) is 0 Å². The molecule has 1 aliphatic carbocycles. The number of aliphatic carboxylic acids is 2. The standard InChI is InChI=1S/C15H23NO3.C2H2O4/c1-2-18-15(17)13-8-9-19-14(13)11-16-10-12-6-4-3-5-7-12;3-1(4)2(5)6/h8-9,12,16H,2-7,10-11H2,1H3;(H,3,4)(H,5,6). The largest absolute Gasteiger partial charge is 0.473 e. The van der Waals surface area contributed by atoms with Crippen molar-refractivity contribution >= 4 is 17.9 Å². The molecule has 1 aromatic heterocycles. The van der Waals surface area contributed by atoms with Crippen LogP contribution in [-0.2, 0) is 20.9 Å². The third kappa shape index (κ3) is 7.84. The first kappa shape index (κ1) is 20.7. The van der Waals surface area contributed by atoms with E-state index >= 15 is 0 Å². The molecule has 1 saturated carbocycles. The molecule has 140 valence electrons. The predicted octanol–water partition coefficient (Wildman–Crippen LogP) is 2.28. The Morgan fingerprint density at radius 1 is 1.20 bits per heavy atom. The van der Waals surface area contributed by atoms with Crippen LogP contribution in [0.2, 0.25) is 0 Å². The normalized spacial score (nSPS) is 14.3. The number of carbonyl (C=O) groups excluding carboxylic acids is 1. The highest BCUT2D eigenvalue weighted by Crippen LogP contribution is 2.23. The van der Waals surface area contributed by atoms with Crippen LogP contribution in [0, 0.1) is 5.92 Å². The molecule has 0 amide bonds. The lowest BCUT2D eigenvalue weighted by Gasteiger charge is -2.21. The Morgan fingerprint density at radius 3 is 2.40 bits per heavy atom. The fraction of sp³-hybridized carbons (Fsp3) is 0.588. The van der Waals surface area contributed by atoms with Crippen molar-refractivity contribution in [2.75, 3.05) is 13.2 Å². The van der Waals surface area contributed by atoms with E-state index in [0.29, 0.717) is 24.5 Å². The van der Waals surface area contributed by atoms with Gasteiger partial charge in [-0.05, 0) is 38.3 Å². The Morgan fingerprint density at radius 2 is 1.84 bits per heavy atom. The number of carbonyl (C=O) groups is 3. The summed E-state index contributed by atoms with van der Waals surface area (Å²) in [6.45, 7) is 3.79. The number of esters is 1. The summed E-state index contributed by atoms with van der Waals surface area (Å²) in [7, 11) is 0. The lowest BCUT2D eigenvalue weighted by Crippen LogP contribution is -2.24. The van der Waals surface area contributed by atoms with Crippen LogP contribution >= 0.6 is 0 Å². The molecule has 8 heteroatoms. The summed E-state index contributed by atoms with van der Waals surface area (Å²) in [5, 5.41) is 18.2. The zero-order valence-corrected chi connectivity index (χ0v) is 14.3. The quantitative estimate of drug-likeness (QED) is 0.524. The molecule has 1 fully saturated rings. The minimum atomic E-state index is -1.82. The van der Waals surface area contributed by atoms with Crippen molar-refractivity contribution < 1.29 is 33.8 Å². The number of rotatable bonds is 6. The van der Waals surface area contributed by atoms with Crippen molar-refractivity contribution in [2.24, 2.45) is 5.92 Å². The lowest BCUT2D eigenvalue weighted by molar-refractivity contribution is -0.159. The topological polar surface area (TPSA) is 126 Å². The van der Waals surface area contributed by atoms with Gasteiger partial charge in [-0.15, -0.1) is 0 Å². The molecule has 0 aliphatic heterocycles. The van der Waals surface area contributed by atoms with E-state index in [-0.39, 0.29) is 5.97 Å². The number of hydrogen-bond acceptors (Lipinski definition) is 6. The van der Waals surface area contributed by atoms with E-state index < -0.39 is 11.9 Å². The molecular weight excluding hydrogens is 330 g/mol. The van der Waals surface area contributed by atoms with Gasteiger partial charge in [0.2, 0.25) is 0 Å². The summed E-state index contributed by atoms with van der Waals surface area (Å²) in [5.41, 5.74) is 0.540. The van der Waals surface area contributed by atoms with Crippen LogP contribution in [0.5, 0.6) is 0 Å². The Balaban J connectivity index is 0.000000450. The fourth-order valence-electron chi connectivity index (χ4n) is 2.65. The minimum Gasteiger partial charge on any atom is -0.473 e. The first-order valence-electron chi connectivity index (χ1n) is 8.36. The number of carboxylic acid groups (broad SMARTS) is 2. The molecule has 1 aromatic rings. The average Bonchev–Trinajstić information content (AvgIpc) is 3.05. The Bertz CT molecular complexity index is 549. The van der Waals surface area contributed by atoms with Crippen LogP contribution in [0.25, 0.3) is 0 Å². The van der Waals surface area contributed by atoms with Crippen LogP contribution in [0.3, 0.4) is 0 Å². The van der Waals surface area contributed by atoms with Gasteiger partial charge < -0.3 is 24.7 Å². The number of hydrogen-bond donors (Lipinski definition) is 3. The molecule has 0 atom stereocenters. The van der Waals surface area contributed by atoms with Gasteiger partial charge in [0.15, 0.2) is 0 Å². The Labute approximate surface area is 146 Å². The zero-order valence-electron chi connectivity index (χ0n) is 14.3. The van der Waals surface area contributed by atoms with Gasteiger partial charge in [-0.1, -0.05) is 19.3 Å². The van der Waals surface area contributed by atoms with Crippen molar-refractivity contribution in [1.82, 2.24) is 5.32 Å². The van der Waals surface area contributed by atoms with E-state index in [0.717, 1.165) is 12.5 Å². The second kappa shape index (κ2) is 11.2. The highest BCUT2D eigenvalue weighted by atomic mass is 16.5. The summed E-state index contributed by atoms with van der Waals surface area (Å²) in [6, 6.07) is 1.68. The maximum absolute atomic E-state index is 11.7. The van der Waals surface area contributed by atoms with Gasteiger partial charge in [-0.3, -0.25) is 0 Å². The van der Waals surface area contributed by atoms with Gasteiger partial charge in [0, 0.05) is 0 Å². The van der Waals surface area contributed by atoms with Crippen molar-refractivity contribution in [2.45, 2.75) is 45.6 Å². The van der Waals surface area contributed by atoms with Gasteiger partial charge in [0.25, 0.3) is 0 Å². The van der Waals surface area contributed by atoms with Crippen molar-refractivity contribution in [3.63, 3.8) is 0 Å². The van der Waals surface area contributed by atoms with E-state index in [9.17, 15) is 4.79 Å². The van der Waals surface area contributed by atoms with Crippen molar-refractivity contribution in [3.05, 3.63) is 23.7 Å². The molecule has 1 heterocycles. The molecular formula is C17H25NO7. The SMILES string of the molecule is CCOC(=O)c1ccoc1CNCC1CCCCC1.O=C(O)C(=O)O. The molecule has 2 rings (SSSR count). The van der Waals surface area contributed by atoms with Gasteiger partial charge in [0.05, 0.1) is 19.4 Å². The van der Waals surface area contributed by atoms with Gasteiger partial charge >= 0.3 is 17.9 Å². The molecule has 0 saturated heterocycles. The number of nitrogens with one attached hydrogen (secondary N) is 1. The molecule has 0 radical (unpaired) electrons. The smallest absolute Gasteiger partial charge is 0.414 e. The van der Waals surface area contributed by atoms with E-state index in [1.165, 1.54) is 32.1 Å². The Kier molecular flexibility index (Phi) is 9.31. The molecule has 3 N–H and O–H groups in total. The summed E-state index contributed by atoms with van der Waals surface area (Å²) in [5.74, 6) is -2.50. The average molecular weight is 355 g/mol. The first-order valence-corrected chi connectivity index (χ1v) is 8.36. The highest BCUT2D eigenvalue weighted by Gasteiger charge is 2.17.